The van der Waals surface area contributed by atoms with Crippen LogP contribution >= 0.6 is 0 Å². The van der Waals surface area contributed by atoms with Gasteiger partial charge in [0.05, 0.1) is 0 Å². The standard InChI is InChI=1S/C4H5BO2/c1-2-5-4(7-5)3(1)6-4/h3H,1-2H2. The molecule has 3 heterocycles. The summed E-state index contributed by atoms with van der Waals surface area (Å²) in [5.74, 6) is 0. The second-order valence-electron chi connectivity index (χ2n) is 2.51. The summed E-state index contributed by atoms with van der Waals surface area (Å²) in [6.45, 7) is 0.512. The molecule has 3 aliphatic heterocycles. The van der Waals surface area contributed by atoms with Crippen LogP contribution in [-0.2, 0) is 9.39 Å². The molecule has 0 aromatic rings. The fourth-order valence-electron chi connectivity index (χ4n) is 1.59. The number of hydrogen-bond acceptors (Lipinski definition) is 2. The van der Waals surface area contributed by atoms with E-state index in [4.69, 9.17) is 9.39 Å². The van der Waals surface area contributed by atoms with Crippen molar-refractivity contribution in [2.75, 3.05) is 0 Å². The van der Waals surface area contributed by atoms with Crippen molar-refractivity contribution in [1.29, 1.82) is 0 Å². The molecule has 0 aromatic carbocycles. The zero-order chi connectivity index (χ0) is 4.48. The average molecular weight is 95.9 g/mol. The van der Waals surface area contributed by atoms with Crippen molar-refractivity contribution in [2.45, 2.75) is 24.5 Å². The minimum Gasteiger partial charge on any atom is -0.406 e. The van der Waals surface area contributed by atoms with Crippen LogP contribution in [0.25, 0.3) is 0 Å². The lowest BCUT2D eigenvalue weighted by Crippen LogP contribution is -1.90. The van der Waals surface area contributed by atoms with Crippen molar-refractivity contribution in [3.05, 3.63) is 0 Å². The highest BCUT2D eigenvalue weighted by Gasteiger charge is 2.82. The van der Waals surface area contributed by atoms with Crippen LogP contribution in [0, 0.1) is 0 Å². The van der Waals surface area contributed by atoms with Gasteiger partial charge in [0.15, 0.2) is 5.69 Å². The summed E-state index contributed by atoms with van der Waals surface area (Å²) in [7, 11) is 0. The Bertz CT molecular complexity index is 116. The summed E-state index contributed by atoms with van der Waals surface area (Å²) in [4.78, 5) is 0. The van der Waals surface area contributed by atoms with E-state index in [1.165, 1.54) is 12.7 Å². The van der Waals surface area contributed by atoms with E-state index in [0.717, 1.165) is 0 Å². The molecule has 0 aliphatic carbocycles. The molecule has 0 radical (unpaired) electrons. The van der Waals surface area contributed by atoms with Crippen molar-refractivity contribution in [1.82, 2.24) is 0 Å². The summed E-state index contributed by atoms with van der Waals surface area (Å²) >= 11 is 0. The third kappa shape index (κ3) is 0.180. The van der Waals surface area contributed by atoms with Gasteiger partial charge in [-0.05, 0) is 12.7 Å². The van der Waals surface area contributed by atoms with Crippen molar-refractivity contribution < 1.29 is 9.39 Å². The van der Waals surface area contributed by atoms with Gasteiger partial charge in [-0.15, -0.1) is 0 Å². The van der Waals surface area contributed by atoms with Crippen LogP contribution in [0.2, 0.25) is 6.32 Å². The van der Waals surface area contributed by atoms with E-state index < -0.39 is 0 Å². The number of hydrogen-bond donors (Lipinski definition) is 0. The first-order valence-electron chi connectivity index (χ1n) is 2.77. The molecule has 3 heteroatoms. The Balaban J connectivity index is 2.12. The monoisotopic (exact) mass is 96.0 g/mol. The maximum Gasteiger partial charge on any atom is 0.363 e. The van der Waals surface area contributed by atoms with Gasteiger partial charge in [0.2, 0.25) is 0 Å². The quantitative estimate of drug-likeness (QED) is 0.314. The highest BCUT2D eigenvalue weighted by Crippen LogP contribution is 2.61. The van der Waals surface area contributed by atoms with Crippen LogP contribution in [0.15, 0.2) is 0 Å². The Hall–Kier alpha value is -0.0151. The maximum atomic E-state index is 5.19. The zero-order valence-corrected chi connectivity index (χ0v) is 3.89. The Labute approximate surface area is 41.9 Å². The second-order valence-corrected chi connectivity index (χ2v) is 2.51. The lowest BCUT2D eigenvalue weighted by atomic mass is 9.74. The van der Waals surface area contributed by atoms with Crippen LogP contribution < -0.4 is 0 Å². The summed E-state index contributed by atoms with van der Waals surface area (Å²) in [5.41, 5.74) is 0.0278. The smallest absolute Gasteiger partial charge is 0.363 e. The second kappa shape index (κ2) is 0.582. The van der Waals surface area contributed by atoms with Gasteiger partial charge in [0, 0.05) is 0 Å². The van der Waals surface area contributed by atoms with Gasteiger partial charge < -0.3 is 9.39 Å². The maximum absolute atomic E-state index is 5.19. The summed E-state index contributed by atoms with van der Waals surface area (Å²) in [6, 6.07) is 0. The van der Waals surface area contributed by atoms with E-state index in [1.54, 1.807) is 0 Å². The normalized spacial score (nSPS) is 61.7. The van der Waals surface area contributed by atoms with Gasteiger partial charge in [-0.3, -0.25) is 0 Å². The lowest BCUT2D eigenvalue weighted by Gasteiger charge is -1.80. The molecule has 0 aromatic heterocycles. The molecule has 3 saturated heterocycles. The molecule has 0 saturated carbocycles. The highest BCUT2D eigenvalue weighted by molar-refractivity contribution is 6.66. The van der Waals surface area contributed by atoms with Gasteiger partial charge in [0.25, 0.3) is 0 Å². The van der Waals surface area contributed by atoms with E-state index >= 15 is 0 Å². The number of ether oxygens (including phenoxy) is 1. The largest absolute Gasteiger partial charge is 0.406 e. The molecule has 2 unspecified atom stereocenters. The molecule has 3 fully saturated rings. The van der Waals surface area contributed by atoms with Crippen molar-refractivity contribution in [3.8, 4) is 0 Å². The topological polar surface area (TPSA) is 25.1 Å². The van der Waals surface area contributed by atoms with E-state index in [1.807, 2.05) is 0 Å². The van der Waals surface area contributed by atoms with Gasteiger partial charge in [0.1, 0.15) is 6.10 Å². The van der Waals surface area contributed by atoms with Crippen LogP contribution in [0.5, 0.6) is 0 Å². The lowest BCUT2D eigenvalue weighted by molar-refractivity contribution is 0.256. The molecule has 36 valence electrons. The van der Waals surface area contributed by atoms with Gasteiger partial charge in [-0.25, -0.2) is 0 Å². The molecule has 0 N–H and O–H groups in total. The molecule has 1 spiro atoms. The first kappa shape index (κ1) is 3.10. The molecular weight excluding hydrogens is 90.9 g/mol. The van der Waals surface area contributed by atoms with E-state index in [9.17, 15) is 0 Å². The minimum atomic E-state index is 0.0278. The minimum absolute atomic E-state index is 0.0278. The first-order valence-corrected chi connectivity index (χ1v) is 2.77. The molecule has 2 atom stereocenters. The average Bonchev–Trinajstić information content (AvgIpc) is 2.49. The molecule has 2 nitrogen and oxygen atoms in total. The SMILES string of the molecule is C1CC2OC23OB13. The fraction of sp³-hybridized carbons (Fsp3) is 1.00. The summed E-state index contributed by atoms with van der Waals surface area (Å²) < 4.78 is 10.4. The third-order valence-corrected chi connectivity index (χ3v) is 2.13. The summed E-state index contributed by atoms with van der Waals surface area (Å²) in [6.07, 6.45) is 2.99. The van der Waals surface area contributed by atoms with Crippen molar-refractivity contribution in [2.24, 2.45) is 0 Å². The molecule has 3 rings (SSSR count). The van der Waals surface area contributed by atoms with Crippen LogP contribution in [0.1, 0.15) is 6.42 Å². The molecule has 0 amide bonds. The van der Waals surface area contributed by atoms with Crippen LogP contribution in [0.3, 0.4) is 0 Å². The van der Waals surface area contributed by atoms with Gasteiger partial charge >= 0.3 is 6.92 Å². The van der Waals surface area contributed by atoms with Crippen molar-refractivity contribution >= 4 is 6.92 Å². The molecular formula is C4H5BO2. The van der Waals surface area contributed by atoms with Crippen LogP contribution in [0.4, 0.5) is 0 Å². The summed E-state index contributed by atoms with van der Waals surface area (Å²) in [5, 5.41) is 0. The highest BCUT2D eigenvalue weighted by atomic mass is 16.8. The molecule has 3 aliphatic rings. The predicted molar refractivity (Wildman–Crippen MR) is 23.9 cm³/mol. The predicted octanol–water partition coefficient (Wildman–Crippen LogP) is 0.0461. The van der Waals surface area contributed by atoms with Crippen LogP contribution in [-0.4, -0.2) is 18.7 Å². The fourth-order valence-corrected chi connectivity index (χ4v) is 1.59. The first-order chi connectivity index (χ1) is 3.42. The number of epoxide rings is 1. The van der Waals surface area contributed by atoms with Gasteiger partial charge in [-0.1, -0.05) is 0 Å². The Morgan fingerprint density at radius 3 is 2.86 bits per heavy atom. The number of rotatable bonds is 0. The van der Waals surface area contributed by atoms with E-state index in [0.29, 0.717) is 13.0 Å². The van der Waals surface area contributed by atoms with Gasteiger partial charge in [-0.2, -0.15) is 0 Å². The Morgan fingerprint density at radius 2 is 2.71 bits per heavy atom. The third-order valence-electron chi connectivity index (χ3n) is 2.13. The molecule has 7 heavy (non-hydrogen) atoms. The molecule has 0 bridgehead atoms. The van der Waals surface area contributed by atoms with Crippen molar-refractivity contribution in [3.63, 3.8) is 0 Å². The van der Waals surface area contributed by atoms with E-state index in [2.05, 4.69) is 0 Å². The Morgan fingerprint density at radius 1 is 1.71 bits per heavy atom. The zero-order valence-electron chi connectivity index (χ0n) is 3.89. The Kier molecular flexibility index (Phi) is 0.258. The van der Waals surface area contributed by atoms with E-state index in [-0.39, 0.29) is 5.69 Å².